The molecule has 0 amide bonds. The van der Waals surface area contributed by atoms with Crippen molar-refractivity contribution in [1.29, 1.82) is 0 Å². The third-order valence-corrected chi connectivity index (χ3v) is 5.97. The van der Waals surface area contributed by atoms with Crippen LogP contribution in [0.1, 0.15) is 33.9 Å². The molecule has 0 aliphatic carbocycles. The number of phenols is 1. The van der Waals surface area contributed by atoms with Crippen molar-refractivity contribution in [2.24, 2.45) is 0 Å². The normalized spacial score (nSPS) is 18.8. The van der Waals surface area contributed by atoms with Gasteiger partial charge in [0.2, 0.25) is 12.5 Å². The fourth-order valence-corrected chi connectivity index (χ4v) is 4.28. The number of rotatable bonds is 5. The first-order valence-electron chi connectivity index (χ1n) is 9.58. The molecule has 0 saturated carbocycles. The molecule has 0 unspecified atom stereocenters. The summed E-state index contributed by atoms with van der Waals surface area (Å²) < 4.78 is 22.7. The SMILES string of the molecule is COc1ccc(C(=O)C[C@H]2c3c(cc4c(c3OC)OCO4)CC[N+]2(C)C)c(O)c1. The van der Waals surface area contributed by atoms with E-state index in [1.54, 1.807) is 19.2 Å². The van der Waals surface area contributed by atoms with E-state index < -0.39 is 0 Å². The number of benzene rings is 2. The number of ketones is 1. The van der Waals surface area contributed by atoms with Crippen LogP contribution in [0.25, 0.3) is 0 Å². The van der Waals surface area contributed by atoms with E-state index in [9.17, 15) is 9.90 Å². The second-order valence-corrected chi connectivity index (χ2v) is 7.99. The number of carbonyl (C=O) groups is 1. The molecule has 7 heteroatoms. The third kappa shape index (κ3) is 3.25. The van der Waals surface area contributed by atoms with E-state index in [2.05, 4.69) is 14.1 Å². The quantitative estimate of drug-likeness (QED) is 0.614. The molecule has 0 saturated heterocycles. The molecule has 0 aromatic heterocycles. The summed E-state index contributed by atoms with van der Waals surface area (Å²) in [5.41, 5.74) is 2.38. The van der Waals surface area contributed by atoms with Crippen molar-refractivity contribution >= 4 is 5.78 Å². The molecule has 2 aliphatic rings. The molecular formula is C22H26NO6+. The second kappa shape index (κ2) is 7.15. The zero-order valence-electron chi connectivity index (χ0n) is 17.2. The predicted octanol–water partition coefficient (Wildman–Crippen LogP) is 3.08. The van der Waals surface area contributed by atoms with Crippen LogP contribution in [0.5, 0.6) is 28.7 Å². The van der Waals surface area contributed by atoms with Crippen LogP contribution >= 0.6 is 0 Å². The van der Waals surface area contributed by atoms with Gasteiger partial charge in [-0.3, -0.25) is 4.79 Å². The van der Waals surface area contributed by atoms with Crippen LogP contribution < -0.4 is 18.9 Å². The van der Waals surface area contributed by atoms with E-state index in [0.717, 1.165) is 24.1 Å². The molecule has 7 nitrogen and oxygen atoms in total. The summed E-state index contributed by atoms with van der Waals surface area (Å²) in [5.74, 6) is 2.22. The van der Waals surface area contributed by atoms with Crippen LogP contribution in [0.3, 0.4) is 0 Å². The number of carbonyl (C=O) groups excluding carboxylic acids is 1. The minimum atomic E-state index is -0.141. The lowest BCUT2D eigenvalue weighted by molar-refractivity contribution is -0.922. The molecule has 1 atom stereocenters. The minimum Gasteiger partial charge on any atom is -0.507 e. The van der Waals surface area contributed by atoms with Crippen molar-refractivity contribution in [2.75, 3.05) is 41.7 Å². The summed E-state index contributed by atoms with van der Waals surface area (Å²) in [6.45, 7) is 1.04. The maximum Gasteiger partial charge on any atom is 0.231 e. The standard InChI is InChI=1S/C22H25NO6/c1-23(2)8-7-13-9-19-21(29-12-28-19)22(27-4)20(13)16(23)11-18(25)15-6-5-14(26-3)10-17(15)24/h5-6,9-10,16H,7-8,11-12H2,1-4H3/p+1/t16-/m0/s1. The Morgan fingerprint density at radius 2 is 2.00 bits per heavy atom. The van der Waals surface area contributed by atoms with E-state index in [1.807, 2.05) is 6.07 Å². The Kier molecular flexibility index (Phi) is 4.78. The van der Waals surface area contributed by atoms with Gasteiger partial charge >= 0.3 is 0 Å². The molecule has 154 valence electrons. The molecule has 0 fully saturated rings. The van der Waals surface area contributed by atoms with Gasteiger partial charge in [-0.15, -0.1) is 0 Å². The maximum absolute atomic E-state index is 13.2. The fraction of sp³-hybridized carbons (Fsp3) is 0.409. The zero-order chi connectivity index (χ0) is 20.8. The number of aromatic hydroxyl groups is 1. The highest BCUT2D eigenvalue weighted by atomic mass is 16.7. The van der Waals surface area contributed by atoms with Crippen molar-refractivity contribution in [2.45, 2.75) is 18.9 Å². The molecule has 2 aliphatic heterocycles. The molecule has 2 aromatic carbocycles. The molecule has 4 rings (SSSR count). The average molecular weight is 400 g/mol. The van der Waals surface area contributed by atoms with E-state index in [0.29, 0.717) is 27.5 Å². The van der Waals surface area contributed by atoms with Gasteiger partial charge in [-0.25, -0.2) is 0 Å². The third-order valence-electron chi connectivity index (χ3n) is 5.97. The van der Waals surface area contributed by atoms with Gasteiger partial charge in [0.15, 0.2) is 17.3 Å². The Morgan fingerprint density at radius 3 is 2.69 bits per heavy atom. The highest BCUT2D eigenvalue weighted by Crippen LogP contribution is 2.51. The van der Waals surface area contributed by atoms with Gasteiger partial charge in [-0.05, 0) is 23.8 Å². The minimum absolute atomic E-state index is 0.0756. The van der Waals surface area contributed by atoms with Crippen LogP contribution in [0, 0.1) is 0 Å². The van der Waals surface area contributed by atoms with Gasteiger partial charge < -0.3 is 28.5 Å². The van der Waals surface area contributed by atoms with Crippen molar-refractivity contribution in [3.05, 3.63) is 41.0 Å². The smallest absolute Gasteiger partial charge is 0.231 e. The Hall–Kier alpha value is -2.93. The maximum atomic E-state index is 13.2. The Morgan fingerprint density at radius 1 is 1.21 bits per heavy atom. The summed E-state index contributed by atoms with van der Waals surface area (Å²) in [4.78, 5) is 13.2. The van der Waals surface area contributed by atoms with Crippen LogP contribution in [0.4, 0.5) is 0 Å². The number of hydrogen-bond donors (Lipinski definition) is 1. The Balaban J connectivity index is 1.75. The second-order valence-electron chi connectivity index (χ2n) is 7.99. The lowest BCUT2D eigenvalue weighted by Crippen LogP contribution is -2.48. The number of phenolic OH excluding ortho intramolecular Hbond substituents is 1. The Bertz CT molecular complexity index is 968. The van der Waals surface area contributed by atoms with Crippen molar-refractivity contribution < 1.29 is 33.3 Å². The lowest BCUT2D eigenvalue weighted by atomic mass is 9.85. The summed E-state index contributed by atoms with van der Waals surface area (Å²) >= 11 is 0. The van der Waals surface area contributed by atoms with Gasteiger partial charge in [0, 0.05) is 12.5 Å². The van der Waals surface area contributed by atoms with Gasteiger partial charge in [0.25, 0.3) is 0 Å². The van der Waals surface area contributed by atoms with Gasteiger partial charge in [-0.1, -0.05) is 0 Å². The van der Waals surface area contributed by atoms with E-state index in [4.69, 9.17) is 18.9 Å². The highest BCUT2D eigenvalue weighted by molar-refractivity contribution is 5.99. The number of Topliss-reactive ketones (excluding diaryl/α,β-unsaturated/α-hetero) is 1. The first kappa shape index (κ1) is 19.4. The van der Waals surface area contributed by atoms with Crippen molar-refractivity contribution in [1.82, 2.24) is 0 Å². The van der Waals surface area contributed by atoms with Crippen LogP contribution in [-0.2, 0) is 6.42 Å². The molecule has 29 heavy (non-hydrogen) atoms. The van der Waals surface area contributed by atoms with E-state index >= 15 is 0 Å². The van der Waals surface area contributed by atoms with Gasteiger partial charge in [-0.2, -0.15) is 0 Å². The molecule has 0 radical (unpaired) electrons. The molecule has 2 aromatic rings. The number of quaternary nitrogens is 1. The first-order chi connectivity index (χ1) is 13.9. The summed E-state index contributed by atoms with van der Waals surface area (Å²) in [6, 6.07) is 6.61. The number of hydrogen-bond acceptors (Lipinski definition) is 6. The monoisotopic (exact) mass is 400 g/mol. The molecule has 0 bridgehead atoms. The lowest BCUT2D eigenvalue weighted by Gasteiger charge is -2.43. The molecule has 2 heterocycles. The topological polar surface area (TPSA) is 74.2 Å². The number of ether oxygens (including phenoxy) is 4. The van der Waals surface area contributed by atoms with Crippen molar-refractivity contribution in [3.63, 3.8) is 0 Å². The number of fused-ring (bicyclic) bond motifs is 2. The fourth-order valence-electron chi connectivity index (χ4n) is 4.28. The molecule has 0 spiro atoms. The van der Waals surface area contributed by atoms with Crippen molar-refractivity contribution in [3.8, 4) is 28.7 Å². The predicted molar refractivity (Wildman–Crippen MR) is 106 cm³/mol. The number of likely N-dealkylation sites (N-methyl/N-ethyl adjacent to an activating group) is 1. The first-order valence-corrected chi connectivity index (χ1v) is 9.58. The van der Waals surface area contributed by atoms with Crippen LogP contribution in [0.15, 0.2) is 24.3 Å². The number of nitrogens with zero attached hydrogens (tertiary/aromatic N) is 1. The van der Waals surface area contributed by atoms with Crippen LogP contribution in [-0.4, -0.2) is 57.0 Å². The van der Waals surface area contributed by atoms with Gasteiger partial charge in [0.05, 0.1) is 52.4 Å². The summed E-state index contributed by atoms with van der Waals surface area (Å²) in [5, 5.41) is 10.3. The zero-order valence-corrected chi connectivity index (χ0v) is 17.2. The summed E-state index contributed by atoms with van der Waals surface area (Å²) in [7, 11) is 7.35. The number of methoxy groups -OCH3 is 2. The molecule has 1 N–H and O–H groups in total. The van der Waals surface area contributed by atoms with Crippen LogP contribution in [0.2, 0.25) is 0 Å². The molecular weight excluding hydrogens is 374 g/mol. The Labute approximate surface area is 170 Å². The largest absolute Gasteiger partial charge is 0.507 e. The summed E-state index contributed by atoms with van der Waals surface area (Å²) in [6.07, 6.45) is 1.09. The average Bonchev–Trinajstić information content (AvgIpc) is 3.16. The van der Waals surface area contributed by atoms with E-state index in [-0.39, 0.29) is 36.4 Å². The highest BCUT2D eigenvalue weighted by Gasteiger charge is 2.42. The van der Waals surface area contributed by atoms with E-state index in [1.165, 1.54) is 13.2 Å². The van der Waals surface area contributed by atoms with Gasteiger partial charge in [0.1, 0.15) is 17.5 Å².